The third-order valence-electron chi connectivity index (χ3n) is 6.59. The number of benzene rings is 3. The Hall–Kier alpha value is -3.56. The first-order chi connectivity index (χ1) is 19.1. The van der Waals surface area contributed by atoms with Gasteiger partial charge in [0.2, 0.25) is 5.91 Å². The molecular weight excluding hydrogens is 510 g/mol. The van der Waals surface area contributed by atoms with Gasteiger partial charge in [0.15, 0.2) is 11.4 Å². The van der Waals surface area contributed by atoms with Crippen molar-refractivity contribution >= 4 is 17.7 Å². The van der Waals surface area contributed by atoms with Crippen molar-refractivity contribution in [3.8, 4) is 11.1 Å². The summed E-state index contributed by atoms with van der Waals surface area (Å²) in [6.45, 7) is 2.01. The number of carbonyl (C=O) groups excluding carboxylic acids is 1. The minimum Gasteiger partial charge on any atom is -0.392 e. The molecule has 8 heteroatoms. The Morgan fingerprint density at radius 1 is 0.949 bits per heavy atom. The molecule has 1 aliphatic heterocycles. The molecule has 0 aliphatic carbocycles. The highest BCUT2D eigenvalue weighted by Crippen LogP contribution is 2.39. The van der Waals surface area contributed by atoms with Crippen LogP contribution in [0.25, 0.3) is 11.1 Å². The van der Waals surface area contributed by atoms with Crippen LogP contribution in [0, 0.1) is 0 Å². The fourth-order valence-electron chi connectivity index (χ4n) is 4.55. The van der Waals surface area contributed by atoms with Crippen LogP contribution in [0.5, 0.6) is 0 Å². The van der Waals surface area contributed by atoms with Gasteiger partial charge in [-0.25, -0.2) is 9.97 Å². The number of aromatic nitrogens is 2. The second-order valence-corrected chi connectivity index (χ2v) is 10.4. The molecule has 2 N–H and O–H groups in total. The third kappa shape index (κ3) is 7.10. The van der Waals surface area contributed by atoms with Crippen LogP contribution in [-0.4, -0.2) is 32.8 Å². The highest BCUT2D eigenvalue weighted by Gasteiger charge is 2.32. The summed E-state index contributed by atoms with van der Waals surface area (Å²) < 4.78 is 12.9. The normalized spacial score (nSPS) is 19.0. The number of carbonyl (C=O) groups is 1. The van der Waals surface area contributed by atoms with Crippen molar-refractivity contribution in [2.45, 2.75) is 50.2 Å². The Balaban J connectivity index is 1.36. The molecule has 3 aromatic carbocycles. The Morgan fingerprint density at radius 2 is 1.67 bits per heavy atom. The lowest BCUT2D eigenvalue weighted by Crippen LogP contribution is -2.31. The fraction of sp³-hybridized carbons (Fsp3) is 0.258. The molecule has 0 saturated carbocycles. The molecule has 1 aliphatic rings. The number of hydrogen-bond acceptors (Lipinski definition) is 7. The second-order valence-electron chi connectivity index (χ2n) is 9.38. The van der Waals surface area contributed by atoms with Gasteiger partial charge >= 0.3 is 0 Å². The van der Waals surface area contributed by atoms with Gasteiger partial charge in [0, 0.05) is 43.6 Å². The number of aliphatic hydroxyl groups is 1. The van der Waals surface area contributed by atoms with Crippen molar-refractivity contribution in [3.63, 3.8) is 0 Å². The first-order valence-corrected chi connectivity index (χ1v) is 13.9. The molecule has 3 atom stereocenters. The average molecular weight is 542 g/mol. The van der Waals surface area contributed by atoms with Crippen molar-refractivity contribution in [1.82, 2.24) is 15.3 Å². The summed E-state index contributed by atoms with van der Waals surface area (Å²) in [7, 11) is 0. The molecule has 0 unspecified atom stereocenters. The molecule has 200 valence electrons. The van der Waals surface area contributed by atoms with Crippen LogP contribution in [0.1, 0.15) is 48.0 Å². The van der Waals surface area contributed by atoms with Crippen molar-refractivity contribution < 1.29 is 19.4 Å². The average Bonchev–Trinajstić information content (AvgIpc) is 2.99. The molecule has 1 amide bonds. The van der Waals surface area contributed by atoms with E-state index < -0.39 is 6.29 Å². The van der Waals surface area contributed by atoms with Gasteiger partial charge in [0.1, 0.15) is 0 Å². The van der Waals surface area contributed by atoms with Gasteiger partial charge in [-0.3, -0.25) is 4.79 Å². The summed E-state index contributed by atoms with van der Waals surface area (Å²) in [4.78, 5) is 20.1. The minimum atomic E-state index is -0.535. The lowest BCUT2D eigenvalue weighted by Gasteiger charge is -2.36. The number of nitrogens with zero attached hydrogens (tertiary/aromatic N) is 2. The molecule has 2 heterocycles. The van der Waals surface area contributed by atoms with Crippen LogP contribution >= 0.6 is 11.8 Å². The van der Waals surface area contributed by atoms with Crippen molar-refractivity contribution in [2.75, 3.05) is 5.75 Å². The largest absolute Gasteiger partial charge is 0.392 e. The zero-order valence-corrected chi connectivity index (χ0v) is 22.5. The van der Waals surface area contributed by atoms with E-state index in [2.05, 4.69) is 33.5 Å². The molecule has 0 radical (unpaired) electrons. The number of amides is 1. The topological polar surface area (TPSA) is 93.6 Å². The van der Waals surface area contributed by atoms with Crippen LogP contribution in [0.15, 0.2) is 96.4 Å². The van der Waals surface area contributed by atoms with E-state index in [-0.39, 0.29) is 24.7 Å². The van der Waals surface area contributed by atoms with E-state index in [0.717, 1.165) is 38.5 Å². The van der Waals surface area contributed by atoms with E-state index in [0.29, 0.717) is 18.7 Å². The third-order valence-corrected chi connectivity index (χ3v) is 7.60. The summed E-state index contributed by atoms with van der Waals surface area (Å²) in [5.41, 5.74) is 6.03. The molecule has 0 spiro atoms. The number of rotatable bonds is 9. The number of hydrogen-bond donors (Lipinski definition) is 2. The fourth-order valence-corrected chi connectivity index (χ4v) is 5.37. The Bertz CT molecular complexity index is 1370. The first-order valence-electron chi connectivity index (χ1n) is 12.9. The molecule has 0 bridgehead atoms. The lowest BCUT2D eigenvalue weighted by molar-refractivity contribution is -0.245. The summed E-state index contributed by atoms with van der Waals surface area (Å²) in [5.74, 6) is 0.641. The molecule has 1 aromatic heterocycles. The highest BCUT2D eigenvalue weighted by molar-refractivity contribution is 7.99. The number of thioether (sulfide) groups is 1. The monoisotopic (exact) mass is 541 g/mol. The second kappa shape index (κ2) is 13.0. The van der Waals surface area contributed by atoms with E-state index >= 15 is 0 Å². The molecular formula is C31H31N3O4S. The van der Waals surface area contributed by atoms with E-state index in [1.807, 2.05) is 54.6 Å². The molecule has 7 nitrogen and oxygen atoms in total. The van der Waals surface area contributed by atoms with E-state index in [9.17, 15) is 9.90 Å². The Labute approximate surface area is 232 Å². The van der Waals surface area contributed by atoms with Crippen LogP contribution in [0.2, 0.25) is 0 Å². The van der Waals surface area contributed by atoms with Crippen LogP contribution in [-0.2, 0) is 27.4 Å². The molecule has 1 saturated heterocycles. The van der Waals surface area contributed by atoms with E-state index in [1.165, 1.54) is 6.92 Å². The smallest absolute Gasteiger partial charge is 0.217 e. The number of nitrogens with one attached hydrogen (secondary N) is 1. The van der Waals surface area contributed by atoms with Gasteiger partial charge in [-0.15, -0.1) is 0 Å². The summed E-state index contributed by atoms with van der Waals surface area (Å²) >= 11 is 1.57. The predicted octanol–water partition coefficient (Wildman–Crippen LogP) is 5.61. The quantitative estimate of drug-likeness (QED) is 0.210. The van der Waals surface area contributed by atoms with Crippen molar-refractivity contribution in [1.29, 1.82) is 0 Å². The SMILES string of the molecule is CC(=O)NCc1ccccc1-c1ccc([C@H]2O[C@@H](CSc3ncccn3)C[C@@H](c3ccc(CO)cc3)O2)cc1. The van der Waals surface area contributed by atoms with Gasteiger partial charge in [0.25, 0.3) is 0 Å². The van der Waals surface area contributed by atoms with Crippen LogP contribution < -0.4 is 5.32 Å². The zero-order valence-electron chi connectivity index (χ0n) is 21.7. The van der Waals surface area contributed by atoms with Gasteiger partial charge in [-0.05, 0) is 33.9 Å². The summed E-state index contributed by atoms with van der Waals surface area (Å²) in [6, 6.07) is 26.0. The number of aliphatic hydroxyl groups excluding tert-OH is 1. The lowest BCUT2D eigenvalue weighted by atomic mass is 9.98. The maximum atomic E-state index is 11.4. The molecule has 39 heavy (non-hydrogen) atoms. The summed E-state index contributed by atoms with van der Waals surface area (Å²) in [6.07, 6.45) is 3.42. The van der Waals surface area contributed by atoms with Crippen molar-refractivity contribution in [3.05, 3.63) is 114 Å². The van der Waals surface area contributed by atoms with Crippen LogP contribution in [0.3, 0.4) is 0 Å². The van der Waals surface area contributed by atoms with E-state index in [4.69, 9.17) is 9.47 Å². The maximum absolute atomic E-state index is 11.4. The van der Waals surface area contributed by atoms with E-state index in [1.54, 1.807) is 30.2 Å². The maximum Gasteiger partial charge on any atom is 0.217 e. The zero-order chi connectivity index (χ0) is 27.0. The number of ether oxygens (including phenoxy) is 2. The van der Waals surface area contributed by atoms with Crippen LogP contribution in [0.4, 0.5) is 0 Å². The summed E-state index contributed by atoms with van der Waals surface area (Å²) in [5, 5.41) is 13.0. The molecule has 5 rings (SSSR count). The van der Waals surface area contributed by atoms with Crippen molar-refractivity contribution in [2.24, 2.45) is 0 Å². The Morgan fingerprint density at radius 3 is 2.38 bits per heavy atom. The standard InChI is InChI=1S/C31H31N3O4S/c1-21(36)34-18-26-5-2-3-6-28(26)23-11-13-25(14-12-23)30-37-27(20-39-31-32-15-4-16-33-31)17-29(38-30)24-9-7-22(19-35)8-10-24/h2-16,27,29-30,35H,17-20H2,1H3,(H,34,36)/t27-,29+,30+/m1/s1. The predicted molar refractivity (Wildman–Crippen MR) is 151 cm³/mol. The van der Waals surface area contributed by atoms with Gasteiger partial charge in [-0.2, -0.15) is 0 Å². The highest BCUT2D eigenvalue weighted by atomic mass is 32.2. The molecule has 4 aromatic rings. The van der Waals surface area contributed by atoms with Gasteiger partial charge < -0.3 is 19.9 Å². The molecule has 1 fully saturated rings. The Kier molecular flexibility index (Phi) is 9.00. The first kappa shape index (κ1) is 27.0. The minimum absolute atomic E-state index is 0.00811. The van der Waals surface area contributed by atoms with Gasteiger partial charge in [0.05, 0.1) is 18.8 Å². The van der Waals surface area contributed by atoms with Gasteiger partial charge in [-0.1, -0.05) is 84.6 Å².